The molecule has 120 valence electrons. The maximum atomic E-state index is 12.2. The quantitative estimate of drug-likeness (QED) is 0.572. The summed E-state index contributed by atoms with van der Waals surface area (Å²) >= 11 is 0. The fourth-order valence-electron chi connectivity index (χ4n) is 2.86. The molecule has 1 aliphatic carbocycles. The van der Waals surface area contributed by atoms with Gasteiger partial charge in [-0.15, -0.1) is 0 Å². The van der Waals surface area contributed by atoms with Crippen molar-refractivity contribution < 1.29 is 9.59 Å². The van der Waals surface area contributed by atoms with Crippen molar-refractivity contribution in [2.45, 2.75) is 51.4 Å². The summed E-state index contributed by atoms with van der Waals surface area (Å²) < 4.78 is 0. The van der Waals surface area contributed by atoms with Crippen molar-refractivity contribution in [1.29, 1.82) is 0 Å². The minimum Gasteiger partial charge on any atom is -0.356 e. The van der Waals surface area contributed by atoms with E-state index in [1.807, 2.05) is 12.1 Å². The van der Waals surface area contributed by atoms with E-state index < -0.39 is 0 Å². The highest BCUT2D eigenvalue weighted by molar-refractivity contribution is 5.98. The van der Waals surface area contributed by atoms with Gasteiger partial charge in [0, 0.05) is 24.9 Å². The molecule has 2 rings (SSSR count). The first-order valence-corrected chi connectivity index (χ1v) is 8.32. The lowest BCUT2D eigenvalue weighted by Gasteiger charge is -2.16. The Morgan fingerprint density at radius 1 is 1.05 bits per heavy atom. The number of nitrogens with two attached hydrogens (primary N) is 1. The van der Waals surface area contributed by atoms with Crippen LogP contribution < -0.4 is 11.1 Å². The number of Topliss-reactive ketones (excluding diaryl/α,β-unsaturated/α-hetero) is 1. The third kappa shape index (κ3) is 4.95. The van der Waals surface area contributed by atoms with Gasteiger partial charge in [0.05, 0.1) is 0 Å². The number of rotatable bonds is 8. The number of hydrogen-bond donors (Lipinski definition) is 2. The second-order valence-electron chi connectivity index (χ2n) is 5.96. The largest absolute Gasteiger partial charge is 0.356 e. The van der Waals surface area contributed by atoms with Gasteiger partial charge in [-0.1, -0.05) is 12.1 Å². The van der Waals surface area contributed by atoms with Gasteiger partial charge in [-0.05, 0) is 62.3 Å². The number of fused-ring (bicyclic) bond motifs is 1. The van der Waals surface area contributed by atoms with Crippen molar-refractivity contribution in [3.63, 3.8) is 0 Å². The van der Waals surface area contributed by atoms with Crippen LogP contribution in [0.4, 0.5) is 0 Å². The topological polar surface area (TPSA) is 72.2 Å². The molecule has 0 spiro atoms. The van der Waals surface area contributed by atoms with Gasteiger partial charge in [0.15, 0.2) is 5.78 Å². The van der Waals surface area contributed by atoms with Crippen molar-refractivity contribution in [3.8, 4) is 0 Å². The summed E-state index contributed by atoms with van der Waals surface area (Å²) in [5, 5.41) is 2.83. The molecule has 0 radical (unpaired) electrons. The summed E-state index contributed by atoms with van der Waals surface area (Å²) in [6, 6.07) is 6.01. The fourth-order valence-corrected chi connectivity index (χ4v) is 2.86. The summed E-state index contributed by atoms with van der Waals surface area (Å²) in [7, 11) is 0. The molecule has 0 unspecified atom stereocenters. The number of carbonyl (C=O) groups excluding carboxylic acids is 2. The smallest absolute Gasteiger partial charge is 0.220 e. The van der Waals surface area contributed by atoms with E-state index in [9.17, 15) is 9.59 Å². The molecule has 0 heterocycles. The summed E-state index contributed by atoms with van der Waals surface area (Å²) in [6.45, 7) is 1.29. The van der Waals surface area contributed by atoms with Crippen LogP contribution in [0.3, 0.4) is 0 Å². The fraction of sp³-hybridized carbons (Fsp3) is 0.556. The van der Waals surface area contributed by atoms with Crippen LogP contribution in [0.25, 0.3) is 0 Å². The zero-order valence-electron chi connectivity index (χ0n) is 13.2. The highest BCUT2D eigenvalue weighted by Crippen LogP contribution is 2.22. The average molecular weight is 302 g/mol. The molecule has 3 N–H and O–H groups in total. The van der Waals surface area contributed by atoms with Crippen LogP contribution in [0.2, 0.25) is 0 Å². The maximum absolute atomic E-state index is 12.2. The van der Waals surface area contributed by atoms with Crippen LogP contribution in [0.5, 0.6) is 0 Å². The highest BCUT2D eigenvalue weighted by Gasteiger charge is 2.13. The SMILES string of the molecule is NCCCCNC(=O)CCC(=O)c1ccc2c(c1)CCCC2. The molecule has 4 heteroatoms. The van der Waals surface area contributed by atoms with Gasteiger partial charge in [0.2, 0.25) is 5.91 Å². The highest BCUT2D eigenvalue weighted by atomic mass is 16.2. The van der Waals surface area contributed by atoms with Crippen molar-refractivity contribution in [2.75, 3.05) is 13.1 Å². The van der Waals surface area contributed by atoms with Crippen LogP contribution in [0.1, 0.15) is 60.0 Å². The molecule has 0 fully saturated rings. The second-order valence-corrected chi connectivity index (χ2v) is 5.96. The molecule has 1 aromatic carbocycles. The Morgan fingerprint density at radius 3 is 2.59 bits per heavy atom. The molecule has 0 bridgehead atoms. The van der Waals surface area contributed by atoms with E-state index in [2.05, 4.69) is 11.4 Å². The summed E-state index contributed by atoms with van der Waals surface area (Å²) in [4.78, 5) is 23.9. The summed E-state index contributed by atoms with van der Waals surface area (Å²) in [5.41, 5.74) is 8.83. The van der Waals surface area contributed by atoms with Crippen LogP contribution in [0, 0.1) is 0 Å². The first-order valence-electron chi connectivity index (χ1n) is 8.32. The molecule has 0 aromatic heterocycles. The minimum absolute atomic E-state index is 0.0525. The van der Waals surface area contributed by atoms with E-state index in [1.54, 1.807) is 0 Å². The molecule has 1 aromatic rings. The number of aryl methyl sites for hydroxylation is 2. The van der Waals surface area contributed by atoms with Gasteiger partial charge in [0.25, 0.3) is 0 Å². The predicted octanol–water partition coefficient (Wildman–Crippen LogP) is 2.38. The maximum Gasteiger partial charge on any atom is 0.220 e. The number of hydrogen-bond acceptors (Lipinski definition) is 3. The number of amides is 1. The molecule has 0 saturated heterocycles. The van der Waals surface area contributed by atoms with E-state index in [0.29, 0.717) is 13.1 Å². The first-order chi connectivity index (χ1) is 10.7. The van der Waals surface area contributed by atoms with E-state index in [4.69, 9.17) is 5.73 Å². The van der Waals surface area contributed by atoms with Gasteiger partial charge in [0.1, 0.15) is 0 Å². The molecule has 0 aliphatic heterocycles. The van der Waals surface area contributed by atoms with Crippen LogP contribution >= 0.6 is 0 Å². The van der Waals surface area contributed by atoms with Gasteiger partial charge in [-0.25, -0.2) is 0 Å². The van der Waals surface area contributed by atoms with Crippen LogP contribution in [-0.2, 0) is 17.6 Å². The Hall–Kier alpha value is -1.68. The van der Waals surface area contributed by atoms with E-state index in [1.165, 1.54) is 24.0 Å². The normalized spacial score (nSPS) is 13.5. The van der Waals surface area contributed by atoms with E-state index in [-0.39, 0.29) is 24.5 Å². The van der Waals surface area contributed by atoms with Crippen LogP contribution in [0.15, 0.2) is 18.2 Å². The number of unbranched alkanes of at least 4 members (excludes halogenated alkanes) is 1. The van der Waals surface area contributed by atoms with E-state index >= 15 is 0 Å². The standard InChI is InChI=1S/C18H26N2O2/c19-11-3-4-12-20-18(22)10-9-17(21)16-8-7-14-5-1-2-6-15(14)13-16/h7-8,13H,1-6,9-12,19H2,(H,20,22). The Kier molecular flexibility index (Phi) is 6.59. The van der Waals surface area contributed by atoms with Crippen molar-refractivity contribution >= 4 is 11.7 Å². The molecular weight excluding hydrogens is 276 g/mol. The Labute approximate surface area is 132 Å². The average Bonchev–Trinajstić information content (AvgIpc) is 2.56. The molecule has 22 heavy (non-hydrogen) atoms. The van der Waals surface area contributed by atoms with Crippen molar-refractivity contribution in [2.24, 2.45) is 5.73 Å². The first kappa shape index (κ1) is 16.7. The van der Waals surface area contributed by atoms with Gasteiger partial charge in [-0.3, -0.25) is 9.59 Å². The van der Waals surface area contributed by atoms with Crippen molar-refractivity contribution in [3.05, 3.63) is 34.9 Å². The number of benzene rings is 1. The van der Waals surface area contributed by atoms with E-state index in [0.717, 1.165) is 31.2 Å². The zero-order chi connectivity index (χ0) is 15.8. The Balaban J connectivity index is 1.78. The number of nitrogens with one attached hydrogen (secondary N) is 1. The lowest BCUT2D eigenvalue weighted by molar-refractivity contribution is -0.121. The minimum atomic E-state index is -0.0525. The third-order valence-corrected chi connectivity index (χ3v) is 4.20. The lowest BCUT2D eigenvalue weighted by Crippen LogP contribution is -2.25. The van der Waals surface area contributed by atoms with Crippen LogP contribution in [-0.4, -0.2) is 24.8 Å². The molecule has 1 aliphatic rings. The second kappa shape index (κ2) is 8.69. The Morgan fingerprint density at radius 2 is 1.82 bits per heavy atom. The number of ketones is 1. The van der Waals surface area contributed by atoms with Gasteiger partial charge < -0.3 is 11.1 Å². The third-order valence-electron chi connectivity index (χ3n) is 4.20. The number of carbonyl (C=O) groups is 2. The van der Waals surface area contributed by atoms with Gasteiger partial charge in [-0.2, -0.15) is 0 Å². The summed E-state index contributed by atoms with van der Waals surface area (Å²) in [5.74, 6) is 0.00816. The molecule has 0 saturated carbocycles. The molecule has 1 amide bonds. The monoisotopic (exact) mass is 302 g/mol. The van der Waals surface area contributed by atoms with Gasteiger partial charge >= 0.3 is 0 Å². The molecule has 0 atom stereocenters. The van der Waals surface area contributed by atoms with Crippen molar-refractivity contribution in [1.82, 2.24) is 5.32 Å². The molecular formula is C18H26N2O2. The molecule has 4 nitrogen and oxygen atoms in total. The summed E-state index contributed by atoms with van der Waals surface area (Å²) in [6.07, 6.45) is 6.98. The zero-order valence-corrected chi connectivity index (χ0v) is 13.2. The lowest BCUT2D eigenvalue weighted by atomic mass is 9.89. The predicted molar refractivity (Wildman–Crippen MR) is 87.9 cm³/mol. The Bertz CT molecular complexity index is 526.